The predicted molar refractivity (Wildman–Crippen MR) is 41.8 cm³/mol. The van der Waals surface area contributed by atoms with Crippen LogP contribution in [0.25, 0.3) is 0 Å². The average Bonchev–Trinajstić information content (AvgIpc) is 2.17. The lowest BCUT2D eigenvalue weighted by atomic mass is 9.64. The van der Waals surface area contributed by atoms with Gasteiger partial charge in [-0.25, -0.2) is 0 Å². The van der Waals surface area contributed by atoms with E-state index in [1.165, 1.54) is 0 Å². The zero-order valence-corrected chi connectivity index (χ0v) is 7.63. The molecule has 5 atom stereocenters. The molecule has 0 amide bonds. The number of fused-ring (bicyclic) bond motifs is 1. The second-order valence-corrected chi connectivity index (χ2v) is 4.91. The Morgan fingerprint density at radius 2 is 2.00 bits per heavy atom. The summed E-state index contributed by atoms with van der Waals surface area (Å²) in [6, 6.07) is 0. The highest BCUT2D eigenvalue weighted by atomic mass is 16.7. The van der Waals surface area contributed by atoms with Gasteiger partial charge in [0.05, 0.1) is 5.60 Å². The van der Waals surface area contributed by atoms with Crippen LogP contribution in [0.3, 0.4) is 0 Å². The van der Waals surface area contributed by atoms with Crippen molar-refractivity contribution in [1.82, 2.24) is 0 Å². The van der Waals surface area contributed by atoms with E-state index in [2.05, 4.69) is 6.92 Å². The van der Waals surface area contributed by atoms with Crippen LogP contribution in [0.1, 0.15) is 27.2 Å². The molecule has 3 aliphatic rings. The number of aliphatic hydroxyl groups excluding tert-OH is 1. The Hall–Kier alpha value is -0.120. The molecule has 3 nitrogen and oxygen atoms in total. The third-order valence-electron chi connectivity index (χ3n) is 4.03. The molecule has 0 saturated carbocycles. The van der Waals surface area contributed by atoms with Gasteiger partial charge in [-0.1, -0.05) is 0 Å². The molecule has 0 spiro atoms. The zero-order valence-electron chi connectivity index (χ0n) is 7.63. The second kappa shape index (κ2) is 1.47. The van der Waals surface area contributed by atoms with E-state index in [0.717, 1.165) is 6.42 Å². The SMILES string of the molecule is CC12CC3(C)OC(C1O)C3(C)O2. The highest BCUT2D eigenvalue weighted by molar-refractivity contribution is 5.29. The third-order valence-corrected chi connectivity index (χ3v) is 4.03. The van der Waals surface area contributed by atoms with Crippen molar-refractivity contribution >= 4 is 0 Å². The van der Waals surface area contributed by atoms with Gasteiger partial charge in [0.2, 0.25) is 0 Å². The van der Waals surface area contributed by atoms with Gasteiger partial charge in [0.15, 0.2) is 0 Å². The summed E-state index contributed by atoms with van der Waals surface area (Å²) in [7, 11) is 0. The summed E-state index contributed by atoms with van der Waals surface area (Å²) in [6.45, 7) is 6.09. The van der Waals surface area contributed by atoms with E-state index in [1.54, 1.807) is 0 Å². The van der Waals surface area contributed by atoms with Crippen LogP contribution in [0.5, 0.6) is 0 Å². The molecule has 5 unspecified atom stereocenters. The van der Waals surface area contributed by atoms with E-state index in [9.17, 15) is 5.11 Å². The second-order valence-electron chi connectivity index (χ2n) is 4.91. The summed E-state index contributed by atoms with van der Waals surface area (Å²) < 4.78 is 11.5. The highest BCUT2D eigenvalue weighted by Crippen LogP contribution is 2.65. The number of hydrogen-bond donors (Lipinski definition) is 1. The van der Waals surface area contributed by atoms with E-state index in [1.807, 2.05) is 13.8 Å². The van der Waals surface area contributed by atoms with E-state index in [4.69, 9.17) is 9.47 Å². The third kappa shape index (κ3) is 0.444. The van der Waals surface area contributed by atoms with Gasteiger partial charge >= 0.3 is 0 Å². The van der Waals surface area contributed by atoms with Gasteiger partial charge in [-0.15, -0.1) is 0 Å². The van der Waals surface area contributed by atoms with Crippen LogP contribution in [0, 0.1) is 0 Å². The van der Waals surface area contributed by atoms with Crippen molar-refractivity contribution in [3.8, 4) is 0 Å². The largest absolute Gasteiger partial charge is 0.387 e. The molecule has 0 radical (unpaired) electrons. The van der Waals surface area contributed by atoms with Crippen LogP contribution < -0.4 is 0 Å². The standard InChI is InChI=1S/C9H14O3/c1-7-4-8(2)9(3,12-7)6(11-8)5(7)10/h5-6,10H,4H2,1-3H3. The molecular weight excluding hydrogens is 156 g/mol. The smallest absolute Gasteiger partial charge is 0.124 e. The first-order valence-electron chi connectivity index (χ1n) is 4.47. The van der Waals surface area contributed by atoms with Crippen LogP contribution in [-0.4, -0.2) is 34.1 Å². The molecule has 0 aromatic rings. The summed E-state index contributed by atoms with van der Waals surface area (Å²) in [5.41, 5.74) is -0.737. The molecule has 0 aromatic carbocycles. The van der Waals surface area contributed by atoms with Crippen LogP contribution in [-0.2, 0) is 9.47 Å². The molecule has 2 bridgehead atoms. The maximum Gasteiger partial charge on any atom is 0.124 e. The summed E-state index contributed by atoms with van der Waals surface area (Å²) in [5.74, 6) is 0. The summed E-state index contributed by atoms with van der Waals surface area (Å²) in [4.78, 5) is 0. The quantitative estimate of drug-likeness (QED) is 0.574. The summed E-state index contributed by atoms with van der Waals surface area (Å²) >= 11 is 0. The Labute approximate surface area is 71.7 Å². The lowest BCUT2D eigenvalue weighted by Gasteiger charge is -2.57. The Bertz CT molecular complexity index is 262. The van der Waals surface area contributed by atoms with Crippen molar-refractivity contribution in [3.63, 3.8) is 0 Å². The van der Waals surface area contributed by atoms with Gasteiger partial charge in [-0.05, 0) is 20.8 Å². The fraction of sp³-hybridized carbons (Fsp3) is 1.00. The average molecular weight is 170 g/mol. The van der Waals surface area contributed by atoms with Gasteiger partial charge < -0.3 is 14.6 Å². The molecule has 1 N–H and O–H groups in total. The zero-order chi connectivity index (χ0) is 8.78. The molecule has 3 aliphatic heterocycles. The van der Waals surface area contributed by atoms with E-state index in [-0.39, 0.29) is 22.9 Å². The molecule has 3 rings (SSSR count). The Morgan fingerprint density at radius 1 is 1.33 bits per heavy atom. The monoisotopic (exact) mass is 170 g/mol. The van der Waals surface area contributed by atoms with Crippen molar-refractivity contribution < 1.29 is 14.6 Å². The minimum absolute atomic E-state index is 0.0961. The van der Waals surface area contributed by atoms with Crippen molar-refractivity contribution in [1.29, 1.82) is 0 Å². The van der Waals surface area contributed by atoms with Crippen molar-refractivity contribution in [2.75, 3.05) is 0 Å². The van der Waals surface area contributed by atoms with Crippen molar-refractivity contribution in [2.24, 2.45) is 0 Å². The number of rotatable bonds is 0. The highest BCUT2D eigenvalue weighted by Gasteiger charge is 2.81. The fourth-order valence-corrected chi connectivity index (χ4v) is 3.18. The maximum absolute atomic E-state index is 9.81. The van der Waals surface area contributed by atoms with E-state index >= 15 is 0 Å². The normalized spacial score (nSPS) is 73.0. The summed E-state index contributed by atoms with van der Waals surface area (Å²) in [5, 5.41) is 9.81. The maximum atomic E-state index is 9.81. The summed E-state index contributed by atoms with van der Waals surface area (Å²) in [6.07, 6.45) is 0.277. The van der Waals surface area contributed by atoms with Gasteiger partial charge in [-0.3, -0.25) is 0 Å². The molecular formula is C9H14O3. The van der Waals surface area contributed by atoms with Gasteiger partial charge in [0.1, 0.15) is 23.4 Å². The van der Waals surface area contributed by atoms with Gasteiger partial charge in [0.25, 0.3) is 0 Å². The minimum Gasteiger partial charge on any atom is -0.387 e. The first-order chi connectivity index (χ1) is 5.41. The molecule has 0 aromatic heterocycles. The first-order valence-corrected chi connectivity index (χ1v) is 4.47. The number of ether oxygens (including phenoxy) is 2. The predicted octanol–water partition coefficient (Wildman–Crippen LogP) is 0.456. The lowest BCUT2D eigenvalue weighted by Crippen LogP contribution is -2.73. The molecule has 3 saturated heterocycles. The topological polar surface area (TPSA) is 38.7 Å². The minimum atomic E-state index is -0.440. The van der Waals surface area contributed by atoms with Crippen LogP contribution in [0.4, 0.5) is 0 Å². The fourth-order valence-electron chi connectivity index (χ4n) is 3.18. The number of hydrogen-bond acceptors (Lipinski definition) is 3. The van der Waals surface area contributed by atoms with Crippen LogP contribution in [0.2, 0.25) is 0 Å². The van der Waals surface area contributed by atoms with E-state index < -0.39 is 6.10 Å². The molecule has 3 heteroatoms. The van der Waals surface area contributed by atoms with E-state index in [0.29, 0.717) is 0 Å². The molecule has 3 heterocycles. The molecule has 68 valence electrons. The molecule has 0 aliphatic carbocycles. The Balaban J connectivity index is 2.12. The van der Waals surface area contributed by atoms with Crippen molar-refractivity contribution in [3.05, 3.63) is 0 Å². The van der Waals surface area contributed by atoms with Gasteiger partial charge in [-0.2, -0.15) is 0 Å². The van der Waals surface area contributed by atoms with Gasteiger partial charge in [0, 0.05) is 6.42 Å². The Kier molecular flexibility index (Phi) is 0.894. The lowest BCUT2D eigenvalue weighted by molar-refractivity contribution is -0.311. The molecule has 3 fully saturated rings. The first kappa shape index (κ1) is 7.30. The van der Waals surface area contributed by atoms with Crippen LogP contribution in [0.15, 0.2) is 0 Å². The number of aliphatic hydroxyl groups is 1. The Morgan fingerprint density at radius 3 is 2.33 bits per heavy atom. The van der Waals surface area contributed by atoms with Crippen LogP contribution >= 0.6 is 0 Å². The molecule has 12 heavy (non-hydrogen) atoms. The van der Waals surface area contributed by atoms with Crippen molar-refractivity contribution in [2.45, 2.75) is 56.2 Å².